The predicted molar refractivity (Wildman–Crippen MR) is 85.4 cm³/mol. The van der Waals surface area contributed by atoms with E-state index in [0.717, 1.165) is 36.1 Å². The van der Waals surface area contributed by atoms with Crippen LogP contribution >= 0.6 is 11.6 Å². The van der Waals surface area contributed by atoms with Gasteiger partial charge in [-0.1, -0.05) is 18.5 Å². The summed E-state index contributed by atoms with van der Waals surface area (Å²) >= 11 is 6.37. The maximum Gasteiger partial charge on any atom is 0.0847 e. The van der Waals surface area contributed by atoms with E-state index in [4.69, 9.17) is 11.6 Å². The van der Waals surface area contributed by atoms with Crippen molar-refractivity contribution in [2.75, 3.05) is 6.54 Å². The second-order valence-corrected chi connectivity index (χ2v) is 6.33. The lowest BCUT2D eigenvalue weighted by atomic mass is 10.0. The molecular formula is C16H28ClN3. The van der Waals surface area contributed by atoms with Gasteiger partial charge in [0.05, 0.1) is 16.4 Å². The van der Waals surface area contributed by atoms with Crippen molar-refractivity contribution >= 4 is 11.6 Å². The number of halogens is 1. The molecular weight excluding hydrogens is 270 g/mol. The van der Waals surface area contributed by atoms with E-state index in [0.29, 0.717) is 6.04 Å². The Morgan fingerprint density at radius 2 is 2.15 bits per heavy atom. The normalized spacial score (nSPS) is 16.6. The molecule has 0 saturated heterocycles. The Bertz CT molecular complexity index is 424. The molecule has 0 radical (unpaired) electrons. The van der Waals surface area contributed by atoms with Crippen LogP contribution in [-0.4, -0.2) is 22.4 Å². The zero-order valence-corrected chi connectivity index (χ0v) is 13.8. The Morgan fingerprint density at radius 1 is 1.40 bits per heavy atom. The molecule has 1 aliphatic carbocycles. The molecule has 1 heterocycles. The van der Waals surface area contributed by atoms with Crippen LogP contribution in [0.2, 0.25) is 5.02 Å². The predicted octanol–water partition coefficient (Wildman–Crippen LogP) is 3.97. The van der Waals surface area contributed by atoms with E-state index in [1.807, 2.05) is 6.92 Å². The first kappa shape index (κ1) is 15.8. The van der Waals surface area contributed by atoms with Crippen molar-refractivity contribution in [1.82, 2.24) is 15.1 Å². The molecule has 1 aliphatic rings. The monoisotopic (exact) mass is 297 g/mol. The van der Waals surface area contributed by atoms with Gasteiger partial charge in [0.1, 0.15) is 0 Å². The van der Waals surface area contributed by atoms with Gasteiger partial charge in [-0.2, -0.15) is 5.10 Å². The smallest absolute Gasteiger partial charge is 0.0847 e. The molecule has 0 spiro atoms. The zero-order chi connectivity index (χ0) is 14.5. The minimum Gasteiger partial charge on any atom is -0.314 e. The molecule has 114 valence electrons. The molecule has 1 unspecified atom stereocenters. The van der Waals surface area contributed by atoms with Crippen molar-refractivity contribution in [2.45, 2.75) is 71.9 Å². The summed E-state index contributed by atoms with van der Waals surface area (Å²) in [5.41, 5.74) is 2.18. The number of hydrogen-bond donors (Lipinski definition) is 1. The van der Waals surface area contributed by atoms with Gasteiger partial charge in [-0.15, -0.1) is 0 Å². The van der Waals surface area contributed by atoms with Crippen LogP contribution in [-0.2, 0) is 13.0 Å². The van der Waals surface area contributed by atoms with Crippen LogP contribution < -0.4 is 5.32 Å². The molecule has 2 rings (SSSR count). The van der Waals surface area contributed by atoms with Crippen LogP contribution in [0.4, 0.5) is 0 Å². The van der Waals surface area contributed by atoms with Crippen molar-refractivity contribution in [1.29, 1.82) is 0 Å². The second-order valence-electron chi connectivity index (χ2n) is 5.95. The highest BCUT2D eigenvalue weighted by Crippen LogP contribution is 2.35. The third kappa shape index (κ3) is 3.98. The molecule has 1 saturated carbocycles. The largest absolute Gasteiger partial charge is 0.314 e. The maximum absolute atomic E-state index is 6.37. The van der Waals surface area contributed by atoms with Gasteiger partial charge in [-0.05, 0) is 64.8 Å². The number of hydrogen-bond acceptors (Lipinski definition) is 2. The van der Waals surface area contributed by atoms with Crippen molar-refractivity contribution in [3.63, 3.8) is 0 Å². The minimum absolute atomic E-state index is 0.716. The van der Waals surface area contributed by atoms with Gasteiger partial charge < -0.3 is 5.32 Å². The summed E-state index contributed by atoms with van der Waals surface area (Å²) < 4.78 is 2.06. The lowest BCUT2D eigenvalue weighted by Crippen LogP contribution is -2.31. The number of nitrogens with zero attached hydrogens (tertiary/aromatic N) is 2. The van der Waals surface area contributed by atoms with Crippen molar-refractivity contribution < 1.29 is 0 Å². The van der Waals surface area contributed by atoms with Crippen LogP contribution in [0.25, 0.3) is 0 Å². The fraction of sp³-hybridized carbons (Fsp3) is 0.812. The fourth-order valence-electron chi connectivity index (χ4n) is 2.93. The van der Waals surface area contributed by atoms with Crippen molar-refractivity contribution in [3.05, 3.63) is 16.4 Å². The summed E-state index contributed by atoms with van der Waals surface area (Å²) in [5, 5.41) is 9.07. The van der Waals surface area contributed by atoms with Crippen molar-refractivity contribution in [3.8, 4) is 0 Å². The zero-order valence-electron chi connectivity index (χ0n) is 13.1. The minimum atomic E-state index is 0.716. The van der Waals surface area contributed by atoms with Gasteiger partial charge >= 0.3 is 0 Å². The van der Waals surface area contributed by atoms with E-state index in [2.05, 4.69) is 28.9 Å². The first-order valence-corrected chi connectivity index (χ1v) is 8.50. The van der Waals surface area contributed by atoms with Crippen LogP contribution in [0, 0.1) is 12.8 Å². The molecule has 0 amide bonds. The van der Waals surface area contributed by atoms with Gasteiger partial charge in [0.15, 0.2) is 0 Å². The molecule has 3 nitrogen and oxygen atoms in total. The van der Waals surface area contributed by atoms with Crippen LogP contribution in [0.15, 0.2) is 0 Å². The first-order chi connectivity index (χ1) is 9.67. The van der Waals surface area contributed by atoms with Crippen LogP contribution in [0.5, 0.6) is 0 Å². The third-order valence-electron chi connectivity index (χ3n) is 4.23. The summed E-state index contributed by atoms with van der Waals surface area (Å²) in [7, 11) is 0. The quantitative estimate of drug-likeness (QED) is 0.747. The molecule has 0 aliphatic heterocycles. The molecule has 1 aromatic heterocycles. The summed E-state index contributed by atoms with van der Waals surface area (Å²) in [5.74, 6) is 0.926. The number of aryl methyl sites for hydroxylation is 2. The SMILES string of the molecule is CCCNC(CCCc1c(Cl)c(C)nn1CC)C1CC1. The lowest BCUT2D eigenvalue weighted by Gasteiger charge is -2.18. The summed E-state index contributed by atoms with van der Waals surface area (Å²) in [6.07, 6.45) is 7.54. The highest BCUT2D eigenvalue weighted by molar-refractivity contribution is 6.31. The average Bonchev–Trinajstić information content (AvgIpc) is 3.24. The summed E-state index contributed by atoms with van der Waals surface area (Å²) in [6, 6.07) is 0.716. The highest BCUT2D eigenvalue weighted by Gasteiger charge is 2.30. The molecule has 1 N–H and O–H groups in total. The Hall–Kier alpha value is -0.540. The Labute approximate surface area is 128 Å². The molecule has 1 fully saturated rings. The van der Waals surface area contributed by atoms with E-state index in [1.165, 1.54) is 37.8 Å². The molecule has 0 bridgehead atoms. The fourth-order valence-corrected chi connectivity index (χ4v) is 3.16. The average molecular weight is 298 g/mol. The summed E-state index contributed by atoms with van der Waals surface area (Å²) in [6.45, 7) is 8.41. The van der Waals surface area contributed by atoms with Crippen LogP contribution in [0.3, 0.4) is 0 Å². The highest BCUT2D eigenvalue weighted by atomic mass is 35.5. The van der Waals surface area contributed by atoms with Crippen LogP contribution in [0.1, 0.15) is 57.3 Å². The number of rotatable bonds is 9. The lowest BCUT2D eigenvalue weighted by molar-refractivity contribution is 0.422. The van der Waals surface area contributed by atoms with E-state index in [-0.39, 0.29) is 0 Å². The van der Waals surface area contributed by atoms with Gasteiger partial charge in [-0.3, -0.25) is 4.68 Å². The molecule has 1 aromatic rings. The second kappa shape index (κ2) is 7.46. The van der Waals surface area contributed by atoms with E-state index >= 15 is 0 Å². The van der Waals surface area contributed by atoms with Gasteiger partial charge in [0.2, 0.25) is 0 Å². The Morgan fingerprint density at radius 3 is 2.75 bits per heavy atom. The van der Waals surface area contributed by atoms with E-state index in [1.54, 1.807) is 0 Å². The van der Waals surface area contributed by atoms with Gasteiger partial charge in [0, 0.05) is 12.6 Å². The molecule has 0 aromatic carbocycles. The number of nitrogens with one attached hydrogen (secondary N) is 1. The first-order valence-electron chi connectivity index (χ1n) is 8.12. The van der Waals surface area contributed by atoms with E-state index < -0.39 is 0 Å². The summed E-state index contributed by atoms with van der Waals surface area (Å²) in [4.78, 5) is 0. The Balaban J connectivity index is 1.85. The molecule has 20 heavy (non-hydrogen) atoms. The number of aromatic nitrogens is 2. The van der Waals surface area contributed by atoms with Gasteiger partial charge in [-0.25, -0.2) is 0 Å². The standard InChI is InChI=1S/C16H28ClN3/c1-4-11-18-14(13-9-10-13)7-6-8-15-16(17)12(3)19-20(15)5-2/h13-14,18H,4-11H2,1-3H3. The maximum atomic E-state index is 6.37. The van der Waals surface area contributed by atoms with Gasteiger partial charge in [0.25, 0.3) is 0 Å². The third-order valence-corrected chi connectivity index (χ3v) is 4.72. The van der Waals surface area contributed by atoms with Crippen molar-refractivity contribution in [2.24, 2.45) is 5.92 Å². The van der Waals surface area contributed by atoms with E-state index in [9.17, 15) is 0 Å². The molecule has 1 atom stereocenters. The Kier molecular flexibility index (Phi) is 5.91. The topological polar surface area (TPSA) is 29.9 Å². The molecule has 4 heteroatoms.